The zero-order valence-corrected chi connectivity index (χ0v) is 5.55. The van der Waals surface area contributed by atoms with Gasteiger partial charge in [-0.15, -0.1) is 0 Å². The van der Waals surface area contributed by atoms with Crippen molar-refractivity contribution in [3.63, 3.8) is 0 Å². The molecule has 0 aromatic heterocycles. The monoisotopic (exact) mass is 139 g/mol. The lowest BCUT2D eigenvalue weighted by Gasteiger charge is -2.12. The van der Waals surface area contributed by atoms with E-state index < -0.39 is 17.5 Å². The second-order valence-corrected chi connectivity index (χ2v) is 2.45. The second-order valence-electron chi connectivity index (χ2n) is 1.41. The highest BCUT2D eigenvalue weighted by Gasteiger charge is 2.08. The molecule has 0 fully saturated rings. The summed E-state index contributed by atoms with van der Waals surface area (Å²) in [5.74, 6) is 0. The lowest BCUT2D eigenvalue weighted by Crippen LogP contribution is -2.29. The standard InChI is InChI=1S/C3H9NO3S/c1-3(5)4(2)8(6)7/h3,5H,1-2H3,(H,6,7). The molecule has 0 bridgehead atoms. The molecule has 0 aromatic rings. The Morgan fingerprint density at radius 1 is 1.75 bits per heavy atom. The van der Waals surface area contributed by atoms with E-state index in [2.05, 4.69) is 0 Å². The Bertz CT molecular complexity index is 94.5. The van der Waals surface area contributed by atoms with Crippen molar-refractivity contribution in [1.29, 1.82) is 0 Å². The molecule has 0 saturated carbocycles. The van der Waals surface area contributed by atoms with E-state index in [0.717, 1.165) is 4.31 Å². The van der Waals surface area contributed by atoms with E-state index in [1.54, 1.807) is 0 Å². The van der Waals surface area contributed by atoms with Crippen LogP contribution in [0.1, 0.15) is 6.92 Å². The van der Waals surface area contributed by atoms with Crippen molar-refractivity contribution in [1.82, 2.24) is 4.31 Å². The van der Waals surface area contributed by atoms with Gasteiger partial charge in [-0.05, 0) is 6.92 Å². The van der Waals surface area contributed by atoms with Crippen molar-refractivity contribution in [3.05, 3.63) is 0 Å². The predicted octanol–water partition coefficient (Wildman–Crippen LogP) is -0.607. The van der Waals surface area contributed by atoms with Crippen molar-refractivity contribution in [3.8, 4) is 0 Å². The highest BCUT2D eigenvalue weighted by molar-refractivity contribution is 7.76. The van der Waals surface area contributed by atoms with Gasteiger partial charge in [0.05, 0.1) is 0 Å². The molecular formula is C3H9NO3S. The molecule has 0 aliphatic heterocycles. The summed E-state index contributed by atoms with van der Waals surface area (Å²) in [7, 11) is 1.35. The van der Waals surface area contributed by atoms with Crippen molar-refractivity contribution < 1.29 is 13.9 Å². The van der Waals surface area contributed by atoms with E-state index in [0.29, 0.717) is 0 Å². The molecule has 2 atom stereocenters. The highest BCUT2D eigenvalue weighted by Crippen LogP contribution is 1.90. The molecule has 5 heteroatoms. The topological polar surface area (TPSA) is 60.8 Å². The number of hydrogen-bond donors (Lipinski definition) is 2. The minimum absolute atomic E-state index is 0.874. The second kappa shape index (κ2) is 3.13. The van der Waals surface area contributed by atoms with Crippen LogP contribution in [0.5, 0.6) is 0 Å². The van der Waals surface area contributed by atoms with Crippen LogP contribution in [0.15, 0.2) is 0 Å². The van der Waals surface area contributed by atoms with Crippen LogP contribution in [0, 0.1) is 0 Å². The predicted molar refractivity (Wildman–Crippen MR) is 30.2 cm³/mol. The van der Waals surface area contributed by atoms with Gasteiger partial charge in [0.25, 0.3) is 0 Å². The van der Waals surface area contributed by atoms with E-state index in [1.165, 1.54) is 14.0 Å². The van der Waals surface area contributed by atoms with Crippen molar-refractivity contribution in [2.45, 2.75) is 13.2 Å². The summed E-state index contributed by atoms with van der Waals surface area (Å²) in [6.45, 7) is 1.41. The van der Waals surface area contributed by atoms with Crippen LogP contribution in [-0.4, -0.2) is 31.4 Å². The molecule has 8 heavy (non-hydrogen) atoms. The molecule has 0 rings (SSSR count). The molecule has 2 unspecified atom stereocenters. The Morgan fingerprint density at radius 2 is 2.12 bits per heavy atom. The number of hydrogen-bond acceptors (Lipinski definition) is 2. The molecule has 4 nitrogen and oxygen atoms in total. The van der Waals surface area contributed by atoms with Gasteiger partial charge in [0.2, 0.25) is 11.3 Å². The molecule has 0 heterocycles. The summed E-state index contributed by atoms with van der Waals surface area (Å²) in [6, 6.07) is 0. The number of nitrogens with zero attached hydrogens (tertiary/aromatic N) is 1. The van der Waals surface area contributed by atoms with Gasteiger partial charge < -0.3 is 5.11 Å². The average Bonchev–Trinajstić information content (AvgIpc) is 1.64. The smallest absolute Gasteiger partial charge is 0.236 e. The molecule has 0 aromatic carbocycles. The zero-order chi connectivity index (χ0) is 6.73. The third kappa shape index (κ3) is 2.37. The maximum absolute atomic E-state index is 10.0. The summed E-state index contributed by atoms with van der Waals surface area (Å²) in [5.41, 5.74) is 0. The van der Waals surface area contributed by atoms with Crippen molar-refractivity contribution in [2.75, 3.05) is 7.05 Å². The van der Waals surface area contributed by atoms with Gasteiger partial charge in [-0.3, -0.25) is 4.55 Å². The quantitative estimate of drug-likeness (QED) is 0.396. The van der Waals surface area contributed by atoms with E-state index in [4.69, 9.17) is 9.66 Å². The summed E-state index contributed by atoms with van der Waals surface area (Å²) in [4.78, 5) is 0. The van der Waals surface area contributed by atoms with Gasteiger partial charge in [-0.25, -0.2) is 4.21 Å². The number of aliphatic hydroxyl groups excluding tert-OH is 1. The first-order valence-corrected chi connectivity index (χ1v) is 3.14. The Kier molecular flexibility index (Phi) is 3.15. The first-order valence-electron chi connectivity index (χ1n) is 2.07. The van der Waals surface area contributed by atoms with E-state index in [-0.39, 0.29) is 0 Å². The van der Waals surface area contributed by atoms with Crippen LogP contribution in [0.4, 0.5) is 0 Å². The average molecular weight is 139 g/mol. The summed E-state index contributed by atoms with van der Waals surface area (Å²) in [5, 5.41) is 8.56. The zero-order valence-electron chi connectivity index (χ0n) is 4.74. The summed E-state index contributed by atoms with van der Waals surface area (Å²) in [6.07, 6.45) is -0.874. The molecular weight excluding hydrogens is 130 g/mol. The maximum atomic E-state index is 10.0. The minimum Gasteiger partial charge on any atom is -0.378 e. The Labute approximate surface area is 50.5 Å². The largest absolute Gasteiger partial charge is 0.378 e. The fourth-order valence-electron chi connectivity index (χ4n) is 0.131. The fraction of sp³-hybridized carbons (Fsp3) is 1.00. The lowest BCUT2D eigenvalue weighted by molar-refractivity contribution is 0.0954. The van der Waals surface area contributed by atoms with Crippen LogP contribution in [0.2, 0.25) is 0 Å². The summed E-state index contributed by atoms with van der Waals surface area (Å²) < 4.78 is 19.2. The SMILES string of the molecule is CC(O)N(C)S(=O)O. The summed E-state index contributed by atoms with van der Waals surface area (Å²) >= 11 is -2.06. The van der Waals surface area contributed by atoms with Crippen molar-refractivity contribution in [2.24, 2.45) is 0 Å². The van der Waals surface area contributed by atoms with Crippen LogP contribution in [-0.2, 0) is 11.3 Å². The van der Waals surface area contributed by atoms with E-state index in [1.807, 2.05) is 0 Å². The molecule has 0 aliphatic rings. The molecule has 0 spiro atoms. The van der Waals surface area contributed by atoms with Gasteiger partial charge in [0.15, 0.2) is 0 Å². The first-order chi connectivity index (χ1) is 3.55. The van der Waals surface area contributed by atoms with Crippen LogP contribution < -0.4 is 0 Å². The number of aliphatic hydroxyl groups is 1. The first kappa shape index (κ1) is 8.03. The molecule has 50 valence electrons. The fourth-order valence-corrected chi connectivity index (χ4v) is 0.392. The van der Waals surface area contributed by atoms with E-state index in [9.17, 15) is 4.21 Å². The lowest BCUT2D eigenvalue weighted by atomic mass is 10.7. The maximum Gasteiger partial charge on any atom is 0.236 e. The molecule has 0 aliphatic carbocycles. The van der Waals surface area contributed by atoms with Crippen LogP contribution >= 0.6 is 0 Å². The van der Waals surface area contributed by atoms with Gasteiger partial charge in [0.1, 0.15) is 6.23 Å². The molecule has 2 N–H and O–H groups in total. The normalized spacial score (nSPS) is 18.6. The van der Waals surface area contributed by atoms with Gasteiger partial charge in [0, 0.05) is 7.05 Å². The van der Waals surface area contributed by atoms with Gasteiger partial charge >= 0.3 is 0 Å². The third-order valence-corrected chi connectivity index (χ3v) is 1.57. The molecule has 0 amide bonds. The molecule has 0 radical (unpaired) electrons. The number of rotatable bonds is 2. The third-order valence-electron chi connectivity index (χ3n) is 0.773. The van der Waals surface area contributed by atoms with Crippen LogP contribution in [0.25, 0.3) is 0 Å². The Morgan fingerprint density at radius 3 is 2.12 bits per heavy atom. The Balaban J connectivity index is 3.64. The van der Waals surface area contributed by atoms with Gasteiger partial charge in [-0.2, -0.15) is 4.31 Å². The molecule has 0 saturated heterocycles. The van der Waals surface area contributed by atoms with Crippen LogP contribution in [0.3, 0.4) is 0 Å². The van der Waals surface area contributed by atoms with Gasteiger partial charge in [-0.1, -0.05) is 0 Å². The highest BCUT2D eigenvalue weighted by atomic mass is 32.2. The Hall–Kier alpha value is 0.0300. The minimum atomic E-state index is -2.06. The van der Waals surface area contributed by atoms with Crippen molar-refractivity contribution >= 4 is 11.3 Å². The van der Waals surface area contributed by atoms with E-state index >= 15 is 0 Å².